The van der Waals surface area contributed by atoms with E-state index in [1.54, 1.807) is 35.5 Å². The highest BCUT2D eigenvalue weighted by Gasteiger charge is 2.39. The number of aromatic nitrogens is 1. The Kier molecular flexibility index (Phi) is 4.55. The number of Topliss-reactive ketones (excluding diaryl/α,β-unsaturated/α-hetero) is 1. The first-order valence-corrected chi connectivity index (χ1v) is 9.26. The van der Waals surface area contributed by atoms with Gasteiger partial charge in [0.15, 0.2) is 5.78 Å². The van der Waals surface area contributed by atoms with Gasteiger partial charge in [0.2, 0.25) is 5.91 Å². The van der Waals surface area contributed by atoms with Crippen molar-refractivity contribution in [1.29, 1.82) is 0 Å². The lowest BCUT2D eigenvalue weighted by molar-refractivity contribution is -0.119. The Bertz CT molecular complexity index is 925. The van der Waals surface area contributed by atoms with Crippen LogP contribution in [-0.2, 0) is 9.59 Å². The first-order valence-electron chi connectivity index (χ1n) is 8.50. The molecule has 0 saturated heterocycles. The van der Waals surface area contributed by atoms with Crippen molar-refractivity contribution in [2.45, 2.75) is 31.6 Å². The number of amides is 1. The number of carbonyl (C=O) groups excluding carboxylic acids is 2. The molecular weight excluding hydrogens is 371 g/mol. The van der Waals surface area contributed by atoms with Crippen LogP contribution in [0.25, 0.3) is 0 Å². The van der Waals surface area contributed by atoms with Crippen LogP contribution < -0.4 is 4.90 Å². The fourth-order valence-electron chi connectivity index (χ4n) is 3.79. The van der Waals surface area contributed by atoms with Crippen LogP contribution in [0.5, 0.6) is 0 Å². The van der Waals surface area contributed by atoms with Gasteiger partial charge in [-0.25, -0.2) is 0 Å². The molecule has 1 aliphatic carbocycles. The molecule has 1 aliphatic heterocycles. The van der Waals surface area contributed by atoms with Crippen LogP contribution in [0.2, 0.25) is 10.0 Å². The van der Waals surface area contributed by atoms with Gasteiger partial charge in [-0.3, -0.25) is 19.5 Å². The molecule has 0 spiro atoms. The van der Waals surface area contributed by atoms with E-state index in [0.717, 1.165) is 23.3 Å². The zero-order valence-corrected chi connectivity index (χ0v) is 15.4. The zero-order valence-electron chi connectivity index (χ0n) is 13.9. The number of halogens is 2. The monoisotopic (exact) mass is 386 g/mol. The van der Waals surface area contributed by atoms with Crippen LogP contribution in [0, 0.1) is 0 Å². The van der Waals surface area contributed by atoms with Crippen LogP contribution >= 0.6 is 23.2 Å². The van der Waals surface area contributed by atoms with Crippen molar-refractivity contribution in [3.63, 3.8) is 0 Å². The van der Waals surface area contributed by atoms with Gasteiger partial charge in [0.05, 0.1) is 21.9 Å². The number of anilines is 1. The van der Waals surface area contributed by atoms with Crippen molar-refractivity contribution in [3.05, 3.63) is 69.6 Å². The summed E-state index contributed by atoms with van der Waals surface area (Å²) in [4.78, 5) is 31.5. The second kappa shape index (κ2) is 6.86. The summed E-state index contributed by atoms with van der Waals surface area (Å²) in [7, 11) is 0. The Labute approximate surface area is 161 Å². The molecule has 2 aromatic rings. The van der Waals surface area contributed by atoms with Gasteiger partial charge in [0, 0.05) is 36.2 Å². The molecular formula is C20H16Cl2N2O2. The molecule has 132 valence electrons. The van der Waals surface area contributed by atoms with Crippen LogP contribution in [0.3, 0.4) is 0 Å². The number of benzene rings is 1. The van der Waals surface area contributed by atoms with Crippen molar-refractivity contribution in [3.8, 4) is 0 Å². The highest BCUT2D eigenvalue weighted by molar-refractivity contribution is 6.42. The Hall–Kier alpha value is -2.17. The van der Waals surface area contributed by atoms with Gasteiger partial charge in [0.1, 0.15) is 0 Å². The third-order valence-electron chi connectivity index (χ3n) is 4.93. The first-order chi connectivity index (χ1) is 12.6. The summed E-state index contributed by atoms with van der Waals surface area (Å²) in [6.45, 7) is 0. The largest absolute Gasteiger partial charge is 0.294 e. The van der Waals surface area contributed by atoms with E-state index in [1.807, 2.05) is 12.1 Å². The third-order valence-corrected chi connectivity index (χ3v) is 5.66. The number of pyridine rings is 1. The maximum atomic E-state index is 13.0. The van der Waals surface area contributed by atoms with E-state index in [2.05, 4.69) is 4.98 Å². The van der Waals surface area contributed by atoms with Gasteiger partial charge in [-0.05, 0) is 42.7 Å². The van der Waals surface area contributed by atoms with E-state index in [4.69, 9.17) is 23.2 Å². The molecule has 6 heteroatoms. The highest BCUT2D eigenvalue weighted by atomic mass is 35.5. The summed E-state index contributed by atoms with van der Waals surface area (Å²) in [5, 5.41) is 0.885. The molecule has 1 aromatic carbocycles. The second-order valence-corrected chi connectivity index (χ2v) is 7.32. The number of ketones is 1. The van der Waals surface area contributed by atoms with Crippen LogP contribution in [-0.4, -0.2) is 16.7 Å². The number of hydrogen-bond donors (Lipinski definition) is 0. The van der Waals surface area contributed by atoms with Gasteiger partial charge in [0.25, 0.3) is 0 Å². The van der Waals surface area contributed by atoms with E-state index in [-0.39, 0.29) is 24.0 Å². The maximum absolute atomic E-state index is 13.0. The fraction of sp³-hybridized carbons (Fsp3) is 0.250. The van der Waals surface area contributed by atoms with Crippen molar-refractivity contribution < 1.29 is 9.59 Å². The van der Waals surface area contributed by atoms with Crippen LogP contribution in [0.1, 0.15) is 37.2 Å². The summed E-state index contributed by atoms with van der Waals surface area (Å²) in [6, 6.07) is 8.95. The topological polar surface area (TPSA) is 50.3 Å². The summed E-state index contributed by atoms with van der Waals surface area (Å²) >= 11 is 12.2. The molecule has 1 atom stereocenters. The van der Waals surface area contributed by atoms with Crippen LogP contribution in [0.15, 0.2) is 54.0 Å². The van der Waals surface area contributed by atoms with E-state index in [9.17, 15) is 9.59 Å². The molecule has 4 rings (SSSR count). The summed E-state index contributed by atoms with van der Waals surface area (Å²) in [6.07, 6.45) is 5.48. The number of hydrogen-bond acceptors (Lipinski definition) is 3. The van der Waals surface area contributed by atoms with Gasteiger partial charge in [-0.15, -0.1) is 0 Å². The predicted octanol–water partition coefficient (Wildman–Crippen LogP) is 4.92. The number of nitrogens with zero attached hydrogens (tertiary/aromatic N) is 2. The minimum Gasteiger partial charge on any atom is -0.294 e. The highest BCUT2D eigenvalue weighted by Crippen LogP contribution is 2.44. The standard InChI is InChI=1S/C20H16Cl2N2O2/c21-15-7-6-12(9-16(15)22)14-10-19(26)24(13-3-2-8-23-11-13)17-4-1-5-18(25)20(14)17/h2-3,6-9,11,14H,1,4-5,10H2. The molecule has 1 aromatic heterocycles. The lowest BCUT2D eigenvalue weighted by Crippen LogP contribution is -2.40. The van der Waals surface area contributed by atoms with E-state index < -0.39 is 0 Å². The number of carbonyl (C=O) groups is 2. The molecule has 1 amide bonds. The third kappa shape index (κ3) is 2.93. The maximum Gasteiger partial charge on any atom is 0.232 e. The number of allylic oxidation sites excluding steroid dienone is 2. The Balaban J connectivity index is 1.86. The van der Waals surface area contributed by atoms with Crippen molar-refractivity contribution >= 4 is 40.6 Å². The average Bonchev–Trinajstić information content (AvgIpc) is 2.64. The van der Waals surface area contributed by atoms with Gasteiger partial charge in [-0.2, -0.15) is 0 Å². The van der Waals surface area contributed by atoms with Gasteiger partial charge >= 0.3 is 0 Å². The molecule has 26 heavy (non-hydrogen) atoms. The molecule has 0 bridgehead atoms. The Morgan fingerprint density at radius 1 is 1.08 bits per heavy atom. The summed E-state index contributed by atoms with van der Waals surface area (Å²) in [5.41, 5.74) is 3.06. The number of rotatable bonds is 2. The van der Waals surface area contributed by atoms with E-state index in [0.29, 0.717) is 28.6 Å². The lowest BCUT2D eigenvalue weighted by Gasteiger charge is -2.38. The molecule has 2 heterocycles. The Morgan fingerprint density at radius 3 is 2.65 bits per heavy atom. The zero-order chi connectivity index (χ0) is 18.3. The minimum absolute atomic E-state index is 0.0393. The summed E-state index contributed by atoms with van der Waals surface area (Å²) < 4.78 is 0. The van der Waals surface area contributed by atoms with Gasteiger partial charge in [-0.1, -0.05) is 29.3 Å². The molecule has 0 fully saturated rings. The van der Waals surface area contributed by atoms with E-state index >= 15 is 0 Å². The van der Waals surface area contributed by atoms with Crippen molar-refractivity contribution in [2.24, 2.45) is 0 Å². The normalized spacial score (nSPS) is 20.4. The SMILES string of the molecule is O=C1CCCC2=C1C(c1ccc(Cl)c(Cl)c1)CC(=O)N2c1cccnc1. The van der Waals surface area contributed by atoms with Crippen molar-refractivity contribution in [1.82, 2.24) is 4.98 Å². The fourth-order valence-corrected chi connectivity index (χ4v) is 4.10. The van der Waals surface area contributed by atoms with E-state index in [1.165, 1.54) is 0 Å². The average molecular weight is 387 g/mol. The molecule has 4 nitrogen and oxygen atoms in total. The smallest absolute Gasteiger partial charge is 0.232 e. The summed E-state index contributed by atoms with van der Waals surface area (Å²) in [5.74, 6) is -0.223. The molecule has 2 aliphatic rings. The second-order valence-electron chi connectivity index (χ2n) is 6.51. The molecule has 0 saturated carbocycles. The molecule has 1 unspecified atom stereocenters. The minimum atomic E-state index is -0.284. The Morgan fingerprint density at radius 2 is 1.92 bits per heavy atom. The molecule has 0 radical (unpaired) electrons. The quantitative estimate of drug-likeness (QED) is 0.735. The first kappa shape index (κ1) is 17.3. The molecule has 0 N–H and O–H groups in total. The lowest BCUT2D eigenvalue weighted by atomic mass is 9.77. The van der Waals surface area contributed by atoms with Crippen molar-refractivity contribution in [2.75, 3.05) is 4.90 Å². The predicted molar refractivity (Wildman–Crippen MR) is 101 cm³/mol. The van der Waals surface area contributed by atoms with Gasteiger partial charge < -0.3 is 0 Å². The van der Waals surface area contributed by atoms with Crippen LogP contribution in [0.4, 0.5) is 5.69 Å².